The van der Waals surface area contributed by atoms with E-state index in [9.17, 15) is 27.6 Å². The summed E-state index contributed by atoms with van der Waals surface area (Å²) in [5.41, 5.74) is 1.90. The molecule has 1 aliphatic carbocycles. The fraction of sp³-hybridized carbons (Fsp3) is 0.419. The van der Waals surface area contributed by atoms with Crippen LogP contribution in [0, 0.1) is 12.8 Å². The summed E-state index contributed by atoms with van der Waals surface area (Å²) in [5.74, 6) is -2.25. The minimum Gasteiger partial charge on any atom is -0.349 e. The number of hydrogen-bond donors (Lipinski definition) is 4. The maximum absolute atomic E-state index is 13.2. The van der Waals surface area contributed by atoms with E-state index in [1.807, 2.05) is 14.0 Å². The predicted molar refractivity (Wildman–Crippen MR) is 180 cm³/mol. The SMILES string of the molecule is CN1CCc2nc(C(=O)N[C@H]3C[C@@H](C(=O)N(C)C)CC[C@@H]3NC(=O)C(=O)Nc3ccc(Cl)cn3)sc2C1.Cc1ccc(S(=O)(=O)O)cc1. The molecule has 4 amide bonds. The highest BCUT2D eigenvalue weighted by Gasteiger charge is 2.37. The number of carbonyl (C=O) groups excluding carboxylic acids is 4. The first-order valence-electron chi connectivity index (χ1n) is 15.1. The minimum absolute atomic E-state index is 0.0386. The van der Waals surface area contributed by atoms with Crippen molar-refractivity contribution >= 4 is 62.5 Å². The molecule has 1 aromatic carbocycles. The average Bonchev–Trinajstić information content (AvgIpc) is 3.46. The fourth-order valence-corrected chi connectivity index (χ4v) is 6.99. The van der Waals surface area contributed by atoms with Crippen LogP contribution in [-0.4, -0.2) is 96.1 Å². The number of thiazole rings is 1. The summed E-state index contributed by atoms with van der Waals surface area (Å²) in [4.78, 5) is 64.2. The number of aryl methyl sites for hydroxylation is 1. The Morgan fingerprint density at radius 3 is 2.35 bits per heavy atom. The molecule has 5 rings (SSSR count). The van der Waals surface area contributed by atoms with E-state index in [2.05, 4.69) is 30.8 Å². The Labute approximate surface area is 288 Å². The van der Waals surface area contributed by atoms with E-state index >= 15 is 0 Å². The van der Waals surface area contributed by atoms with Crippen molar-refractivity contribution < 1.29 is 32.1 Å². The topological polar surface area (TPSA) is 191 Å². The summed E-state index contributed by atoms with van der Waals surface area (Å²) in [6, 6.07) is 7.93. The second-order valence-corrected chi connectivity index (χ2v) is 14.8. The number of carbonyl (C=O) groups is 4. The van der Waals surface area contributed by atoms with Gasteiger partial charge in [-0.05, 0) is 57.5 Å². The first kappa shape index (κ1) is 36.9. The van der Waals surface area contributed by atoms with Gasteiger partial charge in [0.1, 0.15) is 5.82 Å². The van der Waals surface area contributed by atoms with Gasteiger partial charge in [0.2, 0.25) is 5.91 Å². The number of halogens is 1. The third kappa shape index (κ3) is 10.0. The van der Waals surface area contributed by atoms with Gasteiger partial charge in [0.05, 0.1) is 21.7 Å². The molecule has 4 N–H and O–H groups in total. The van der Waals surface area contributed by atoms with Crippen LogP contribution >= 0.6 is 22.9 Å². The monoisotopic (exact) mass is 719 g/mol. The van der Waals surface area contributed by atoms with Crippen molar-refractivity contribution in [1.29, 1.82) is 0 Å². The highest BCUT2D eigenvalue weighted by molar-refractivity contribution is 7.85. The standard InChI is InChI=1S/C24H30ClN7O4S.C7H8O3S/c1-31(2)24(36)13-4-6-15(27-20(33)21(34)30-19-7-5-14(25)11-26-19)17(10-13)28-22(35)23-29-16-8-9-32(3)12-18(16)37-23;1-6-2-4-7(5-3-6)11(8,9)10/h5,7,11,13,15,17H,4,6,8-10,12H2,1-3H3,(H,27,33)(H,28,35)(H,26,30,34);2-5H,1H3,(H,8,9,10)/t13-,15-,17-;/m0./s1. The largest absolute Gasteiger partial charge is 0.349 e. The number of nitrogens with one attached hydrogen (secondary N) is 3. The van der Waals surface area contributed by atoms with Crippen molar-refractivity contribution in [2.75, 3.05) is 33.0 Å². The lowest BCUT2D eigenvalue weighted by molar-refractivity contribution is -0.137. The van der Waals surface area contributed by atoms with Gasteiger partial charge in [-0.1, -0.05) is 29.3 Å². The average molecular weight is 720 g/mol. The first-order chi connectivity index (χ1) is 22.6. The van der Waals surface area contributed by atoms with Crippen LogP contribution < -0.4 is 16.0 Å². The van der Waals surface area contributed by atoms with Crippen LogP contribution in [0.3, 0.4) is 0 Å². The molecule has 0 bridgehead atoms. The molecule has 0 radical (unpaired) electrons. The Bertz CT molecular complexity index is 1750. The van der Waals surface area contributed by atoms with Gasteiger partial charge in [0, 0.05) is 56.6 Å². The summed E-state index contributed by atoms with van der Waals surface area (Å²) in [7, 11) is 1.39. The maximum Gasteiger partial charge on any atom is 0.314 e. The third-order valence-corrected chi connectivity index (χ3v) is 10.1. The summed E-state index contributed by atoms with van der Waals surface area (Å²) < 4.78 is 29.6. The number of benzene rings is 1. The molecule has 14 nitrogen and oxygen atoms in total. The molecule has 3 atom stereocenters. The molecule has 1 aliphatic heterocycles. The van der Waals surface area contributed by atoms with Gasteiger partial charge in [-0.15, -0.1) is 11.3 Å². The molecular weight excluding hydrogens is 682 g/mol. The van der Waals surface area contributed by atoms with Crippen LogP contribution in [0.15, 0.2) is 47.5 Å². The number of amides is 4. The Balaban J connectivity index is 0.000000401. The van der Waals surface area contributed by atoms with Gasteiger partial charge < -0.3 is 25.8 Å². The van der Waals surface area contributed by atoms with Crippen molar-refractivity contribution in [2.24, 2.45) is 5.92 Å². The molecule has 0 unspecified atom stereocenters. The van der Waals surface area contributed by atoms with E-state index in [1.165, 1.54) is 40.6 Å². The molecule has 3 aromatic rings. The van der Waals surface area contributed by atoms with Gasteiger partial charge >= 0.3 is 11.8 Å². The second-order valence-electron chi connectivity index (χ2n) is 11.9. The quantitative estimate of drug-likeness (QED) is 0.218. The van der Waals surface area contributed by atoms with Crippen LogP contribution in [0.2, 0.25) is 5.02 Å². The molecule has 0 saturated heterocycles. The number of pyridine rings is 1. The number of fused-ring (bicyclic) bond motifs is 1. The fourth-order valence-electron chi connectivity index (χ4n) is 5.31. The summed E-state index contributed by atoms with van der Waals surface area (Å²) >= 11 is 7.17. The third-order valence-electron chi connectivity index (χ3n) is 7.88. The number of nitrogens with zero attached hydrogens (tertiary/aromatic N) is 4. The van der Waals surface area contributed by atoms with Gasteiger partial charge in [0.25, 0.3) is 16.0 Å². The van der Waals surface area contributed by atoms with Crippen molar-refractivity contribution in [2.45, 2.75) is 56.1 Å². The van der Waals surface area contributed by atoms with E-state index in [-0.39, 0.29) is 28.4 Å². The molecule has 3 heterocycles. The van der Waals surface area contributed by atoms with Gasteiger partial charge in [-0.25, -0.2) is 9.97 Å². The van der Waals surface area contributed by atoms with Crippen molar-refractivity contribution in [3.8, 4) is 0 Å². The van der Waals surface area contributed by atoms with Crippen LogP contribution in [0.1, 0.15) is 45.2 Å². The van der Waals surface area contributed by atoms with E-state index in [0.29, 0.717) is 29.3 Å². The van der Waals surface area contributed by atoms with Crippen molar-refractivity contribution in [3.05, 3.63) is 68.8 Å². The molecular formula is C31H38ClN7O7S2. The molecule has 48 heavy (non-hydrogen) atoms. The van der Waals surface area contributed by atoms with Crippen LogP contribution in [0.4, 0.5) is 5.82 Å². The molecule has 2 aromatic heterocycles. The summed E-state index contributed by atoms with van der Waals surface area (Å²) in [6.45, 7) is 3.48. The van der Waals surface area contributed by atoms with E-state index < -0.39 is 34.0 Å². The van der Waals surface area contributed by atoms with E-state index in [4.69, 9.17) is 16.2 Å². The lowest BCUT2D eigenvalue weighted by Crippen LogP contribution is -2.57. The number of aromatic nitrogens is 2. The molecule has 1 fully saturated rings. The van der Waals surface area contributed by atoms with Gasteiger partial charge in [-0.3, -0.25) is 23.7 Å². The van der Waals surface area contributed by atoms with Crippen molar-refractivity contribution in [1.82, 2.24) is 30.4 Å². The predicted octanol–water partition coefficient (Wildman–Crippen LogP) is 2.53. The van der Waals surface area contributed by atoms with E-state index in [1.54, 1.807) is 32.3 Å². The van der Waals surface area contributed by atoms with Crippen LogP contribution in [-0.2, 0) is 37.5 Å². The molecule has 2 aliphatic rings. The molecule has 1 saturated carbocycles. The maximum atomic E-state index is 13.2. The smallest absolute Gasteiger partial charge is 0.314 e. The Morgan fingerprint density at radius 1 is 1.02 bits per heavy atom. The number of likely N-dealkylation sites (N-methyl/N-ethyl adjacent to an activating group) is 1. The summed E-state index contributed by atoms with van der Waals surface area (Å²) in [5, 5.41) is 8.91. The zero-order chi connectivity index (χ0) is 35.2. The lowest BCUT2D eigenvalue weighted by atomic mass is 9.81. The van der Waals surface area contributed by atoms with Gasteiger partial charge in [0.15, 0.2) is 5.01 Å². The Morgan fingerprint density at radius 2 is 1.73 bits per heavy atom. The zero-order valence-electron chi connectivity index (χ0n) is 26.9. The van der Waals surface area contributed by atoms with E-state index in [0.717, 1.165) is 35.6 Å². The first-order valence-corrected chi connectivity index (χ1v) is 17.7. The molecule has 0 spiro atoms. The highest BCUT2D eigenvalue weighted by atomic mass is 35.5. The van der Waals surface area contributed by atoms with Crippen molar-refractivity contribution in [3.63, 3.8) is 0 Å². The number of anilines is 1. The Kier molecular flexibility index (Phi) is 12.3. The number of hydrogen-bond acceptors (Lipinski definition) is 10. The highest BCUT2D eigenvalue weighted by Crippen LogP contribution is 2.28. The zero-order valence-corrected chi connectivity index (χ0v) is 29.3. The second kappa shape index (κ2) is 16.0. The Hall–Kier alpha value is -3.96. The molecule has 17 heteroatoms. The minimum atomic E-state index is -4.02. The molecule has 258 valence electrons. The van der Waals surface area contributed by atoms with Gasteiger partial charge in [-0.2, -0.15) is 8.42 Å². The summed E-state index contributed by atoms with van der Waals surface area (Å²) in [6.07, 6.45) is 3.42. The van der Waals surface area contributed by atoms with Crippen LogP contribution in [0.5, 0.6) is 0 Å². The normalized spacial score (nSPS) is 19.2. The van der Waals surface area contributed by atoms with Crippen LogP contribution in [0.25, 0.3) is 0 Å². The lowest BCUT2D eigenvalue weighted by Gasteiger charge is -2.37. The number of rotatable bonds is 6.